The van der Waals surface area contributed by atoms with Gasteiger partial charge in [-0.15, -0.1) is 0 Å². The summed E-state index contributed by atoms with van der Waals surface area (Å²) in [5, 5.41) is 11.0. The minimum absolute atomic E-state index is 0.129. The van der Waals surface area contributed by atoms with Crippen LogP contribution in [0.1, 0.15) is 67.7 Å². The van der Waals surface area contributed by atoms with Crippen LogP contribution in [0.3, 0.4) is 0 Å². The minimum atomic E-state index is -0.410. The van der Waals surface area contributed by atoms with Crippen molar-refractivity contribution in [2.75, 3.05) is 19.6 Å². The van der Waals surface area contributed by atoms with E-state index < -0.39 is 6.10 Å². The van der Waals surface area contributed by atoms with Crippen molar-refractivity contribution in [2.24, 2.45) is 11.7 Å². The Morgan fingerprint density at radius 2 is 1.87 bits per heavy atom. The molecule has 2 atom stereocenters. The number of piperidine rings is 1. The van der Waals surface area contributed by atoms with Crippen molar-refractivity contribution in [3.8, 4) is 0 Å². The predicted molar refractivity (Wildman–Crippen MR) is 127 cm³/mol. The van der Waals surface area contributed by atoms with Crippen molar-refractivity contribution in [3.05, 3.63) is 70.2 Å². The fourth-order valence-corrected chi connectivity index (χ4v) is 4.57. The number of amides is 1. The molecule has 2 unspecified atom stereocenters. The van der Waals surface area contributed by atoms with Crippen LogP contribution in [-0.2, 0) is 11.2 Å². The Morgan fingerprint density at radius 1 is 1.16 bits per heavy atom. The third-order valence-electron chi connectivity index (χ3n) is 6.49. The van der Waals surface area contributed by atoms with Gasteiger partial charge in [0.25, 0.3) is 0 Å². The van der Waals surface area contributed by atoms with Gasteiger partial charge in [-0.2, -0.15) is 0 Å². The predicted octanol–water partition coefficient (Wildman–Crippen LogP) is 5.09. The second kappa shape index (κ2) is 11.7. The molecule has 2 aromatic carbocycles. The summed E-state index contributed by atoms with van der Waals surface area (Å²) >= 11 is 5.91. The number of carbonyl (C=O) groups excluding carboxylic acids is 1. The highest BCUT2D eigenvalue weighted by atomic mass is 35.5. The number of halogens is 1. The number of benzene rings is 2. The summed E-state index contributed by atoms with van der Waals surface area (Å²) in [5.41, 5.74) is 8.95. The number of nitrogens with two attached hydrogens (primary N) is 1. The monoisotopic (exact) mass is 442 g/mol. The number of unbranched alkanes of at least 4 members (excludes halogenated alkanes) is 1. The van der Waals surface area contributed by atoms with Crippen LogP contribution in [0.4, 0.5) is 0 Å². The molecule has 4 nitrogen and oxygen atoms in total. The molecular formula is C26H35ClN2O2. The molecule has 0 aromatic heterocycles. The van der Waals surface area contributed by atoms with Crippen molar-refractivity contribution in [2.45, 2.75) is 57.5 Å². The van der Waals surface area contributed by atoms with Crippen LogP contribution in [0.2, 0.25) is 5.02 Å². The van der Waals surface area contributed by atoms with Gasteiger partial charge in [0.2, 0.25) is 5.91 Å². The van der Waals surface area contributed by atoms with Gasteiger partial charge in [-0.1, -0.05) is 54.9 Å². The molecule has 1 fully saturated rings. The number of aliphatic hydroxyl groups is 1. The minimum Gasteiger partial charge on any atom is -0.388 e. The summed E-state index contributed by atoms with van der Waals surface area (Å²) in [5.74, 6) is 0.224. The van der Waals surface area contributed by atoms with E-state index in [1.807, 2.05) is 31.2 Å². The second-order valence-electron chi connectivity index (χ2n) is 8.93. The molecule has 2 aromatic rings. The van der Waals surface area contributed by atoms with Crippen LogP contribution in [0.15, 0.2) is 48.5 Å². The molecule has 1 amide bonds. The van der Waals surface area contributed by atoms with E-state index in [2.05, 4.69) is 29.2 Å². The fourth-order valence-electron chi connectivity index (χ4n) is 4.44. The Labute approximate surface area is 191 Å². The van der Waals surface area contributed by atoms with Crippen LogP contribution < -0.4 is 5.73 Å². The second-order valence-corrected chi connectivity index (χ2v) is 9.37. The first-order valence-electron chi connectivity index (χ1n) is 11.5. The van der Waals surface area contributed by atoms with Crippen molar-refractivity contribution < 1.29 is 9.90 Å². The molecule has 1 saturated heterocycles. The summed E-state index contributed by atoms with van der Waals surface area (Å²) in [4.78, 5) is 13.9. The molecule has 0 spiro atoms. The molecule has 0 bridgehead atoms. The molecule has 3 rings (SSSR count). The standard InChI is InChI=1S/C26H35ClN2O2/c1-19(26(28)31)17-20-5-4-6-23(18-20)21-12-15-29(16-13-21)14-3-2-7-25(30)22-8-10-24(27)11-9-22/h4-6,8-11,18-19,21,25,30H,2-3,7,12-17H2,1H3,(H2,28,31). The Kier molecular flexibility index (Phi) is 8.94. The zero-order chi connectivity index (χ0) is 22.2. The number of rotatable bonds is 10. The number of nitrogens with zero attached hydrogens (tertiary/aromatic N) is 1. The van der Waals surface area contributed by atoms with E-state index in [1.165, 1.54) is 24.0 Å². The first-order chi connectivity index (χ1) is 14.9. The summed E-state index contributed by atoms with van der Waals surface area (Å²) in [6.07, 6.45) is 5.55. The molecule has 168 valence electrons. The maximum Gasteiger partial charge on any atom is 0.220 e. The number of primary amides is 1. The molecule has 31 heavy (non-hydrogen) atoms. The quantitative estimate of drug-likeness (QED) is 0.504. The SMILES string of the molecule is CC(Cc1cccc(C2CCN(CCCCC(O)c3ccc(Cl)cc3)CC2)c1)C(N)=O. The van der Waals surface area contributed by atoms with Crippen molar-refractivity contribution >= 4 is 17.5 Å². The van der Waals surface area contributed by atoms with E-state index >= 15 is 0 Å². The van der Waals surface area contributed by atoms with Crippen molar-refractivity contribution in [3.63, 3.8) is 0 Å². The smallest absolute Gasteiger partial charge is 0.220 e. The van der Waals surface area contributed by atoms with Crippen LogP contribution in [0.25, 0.3) is 0 Å². The first-order valence-corrected chi connectivity index (χ1v) is 11.8. The number of aliphatic hydroxyl groups excluding tert-OH is 1. The largest absolute Gasteiger partial charge is 0.388 e. The molecule has 0 saturated carbocycles. The Bertz CT molecular complexity index is 832. The summed E-state index contributed by atoms with van der Waals surface area (Å²) in [6.45, 7) is 5.22. The average molecular weight is 443 g/mol. The molecule has 3 N–H and O–H groups in total. The van der Waals surface area contributed by atoms with Gasteiger partial charge in [-0.25, -0.2) is 0 Å². The topological polar surface area (TPSA) is 66.6 Å². The van der Waals surface area contributed by atoms with Crippen LogP contribution in [-0.4, -0.2) is 35.5 Å². The lowest BCUT2D eigenvalue weighted by Crippen LogP contribution is -2.33. The van der Waals surface area contributed by atoms with E-state index in [9.17, 15) is 9.90 Å². The summed E-state index contributed by atoms with van der Waals surface area (Å²) < 4.78 is 0. The van der Waals surface area contributed by atoms with E-state index in [4.69, 9.17) is 17.3 Å². The van der Waals surface area contributed by atoms with E-state index in [-0.39, 0.29) is 11.8 Å². The van der Waals surface area contributed by atoms with E-state index in [0.717, 1.165) is 44.5 Å². The van der Waals surface area contributed by atoms with Gasteiger partial charge < -0.3 is 15.7 Å². The molecule has 1 aliphatic rings. The Hall–Kier alpha value is -1.88. The number of carbonyl (C=O) groups is 1. The van der Waals surface area contributed by atoms with Gasteiger partial charge in [0.15, 0.2) is 0 Å². The van der Waals surface area contributed by atoms with Gasteiger partial charge in [0.1, 0.15) is 0 Å². The van der Waals surface area contributed by atoms with E-state index in [1.54, 1.807) is 0 Å². The zero-order valence-electron chi connectivity index (χ0n) is 18.5. The van der Waals surface area contributed by atoms with Gasteiger partial charge in [-0.3, -0.25) is 4.79 Å². The molecular weight excluding hydrogens is 408 g/mol. The van der Waals surface area contributed by atoms with Crippen LogP contribution in [0, 0.1) is 5.92 Å². The third kappa shape index (κ3) is 7.34. The first kappa shape index (κ1) is 23.8. The molecule has 0 aliphatic carbocycles. The van der Waals surface area contributed by atoms with Gasteiger partial charge >= 0.3 is 0 Å². The van der Waals surface area contributed by atoms with Gasteiger partial charge in [0.05, 0.1) is 6.10 Å². The lowest BCUT2D eigenvalue weighted by molar-refractivity contribution is -0.121. The highest BCUT2D eigenvalue weighted by molar-refractivity contribution is 6.30. The van der Waals surface area contributed by atoms with Crippen molar-refractivity contribution in [1.29, 1.82) is 0 Å². The number of hydrogen-bond donors (Lipinski definition) is 2. The maximum absolute atomic E-state index is 11.4. The lowest BCUT2D eigenvalue weighted by Gasteiger charge is -2.32. The van der Waals surface area contributed by atoms with Crippen LogP contribution in [0.5, 0.6) is 0 Å². The van der Waals surface area contributed by atoms with Crippen molar-refractivity contribution in [1.82, 2.24) is 4.90 Å². The molecule has 1 heterocycles. The summed E-state index contributed by atoms with van der Waals surface area (Å²) in [7, 11) is 0. The highest BCUT2D eigenvalue weighted by Gasteiger charge is 2.21. The van der Waals surface area contributed by atoms with E-state index in [0.29, 0.717) is 17.4 Å². The van der Waals surface area contributed by atoms with Gasteiger partial charge in [0, 0.05) is 10.9 Å². The van der Waals surface area contributed by atoms with Gasteiger partial charge in [-0.05, 0) is 92.9 Å². The molecule has 0 radical (unpaired) electrons. The highest BCUT2D eigenvalue weighted by Crippen LogP contribution is 2.29. The molecule has 1 aliphatic heterocycles. The Morgan fingerprint density at radius 3 is 2.55 bits per heavy atom. The Balaban J connectivity index is 1.38. The average Bonchev–Trinajstić information content (AvgIpc) is 2.77. The zero-order valence-corrected chi connectivity index (χ0v) is 19.2. The lowest BCUT2D eigenvalue weighted by atomic mass is 9.87. The number of hydrogen-bond acceptors (Lipinski definition) is 3. The maximum atomic E-state index is 11.4. The third-order valence-corrected chi connectivity index (χ3v) is 6.75. The fraction of sp³-hybridized carbons (Fsp3) is 0.500. The normalized spacial score (nSPS) is 17.4. The summed E-state index contributed by atoms with van der Waals surface area (Å²) in [6, 6.07) is 16.2. The number of likely N-dealkylation sites (tertiary alicyclic amines) is 1. The van der Waals surface area contributed by atoms with Crippen LogP contribution >= 0.6 is 11.6 Å². The molecule has 5 heteroatoms.